The van der Waals surface area contributed by atoms with Crippen molar-refractivity contribution in [2.75, 3.05) is 35.2 Å². The van der Waals surface area contributed by atoms with Gasteiger partial charge in [-0.05, 0) is 56.6 Å². The Labute approximate surface area is 194 Å². The number of thioether (sulfide) groups is 1. The molecule has 2 saturated heterocycles. The Balaban J connectivity index is 1.32. The highest BCUT2D eigenvalue weighted by Crippen LogP contribution is 2.33. The van der Waals surface area contributed by atoms with Crippen LogP contribution in [0.25, 0.3) is 0 Å². The van der Waals surface area contributed by atoms with Gasteiger partial charge >= 0.3 is 0 Å². The summed E-state index contributed by atoms with van der Waals surface area (Å²) < 4.78 is 8.12. The molecule has 5 rings (SSSR count). The number of benzene rings is 1. The quantitative estimate of drug-likeness (QED) is 0.618. The standard InChI is InChI=1S/C24H33N5O2S/c1-17-9-11-27(12-10-17)23-25-26-24(28(23)15-20-7-5-13-31-20)32-16-22(30)29-18(2)14-19-6-3-4-8-21(19)29/h3-4,6,8,17-18,20H,5,7,9-16H2,1-2H3. The van der Waals surface area contributed by atoms with E-state index in [1.807, 2.05) is 17.0 Å². The number of para-hydroxylation sites is 1. The molecule has 2 atom stereocenters. The number of aromatic nitrogens is 3. The van der Waals surface area contributed by atoms with Crippen molar-refractivity contribution in [2.45, 2.75) is 69.8 Å². The molecule has 3 aliphatic heterocycles. The third-order valence-corrected chi connectivity index (χ3v) is 7.93. The maximum absolute atomic E-state index is 13.2. The van der Waals surface area contributed by atoms with E-state index in [-0.39, 0.29) is 18.1 Å². The average molecular weight is 456 g/mol. The van der Waals surface area contributed by atoms with Crippen molar-refractivity contribution in [3.05, 3.63) is 29.8 Å². The number of nitrogens with zero attached hydrogens (tertiary/aromatic N) is 5. The SMILES string of the molecule is CC1CCN(c2nnc(SCC(=O)N3c4ccccc4CC3C)n2CC2CCCO2)CC1. The van der Waals surface area contributed by atoms with E-state index in [4.69, 9.17) is 4.74 Å². The lowest BCUT2D eigenvalue weighted by Gasteiger charge is -2.31. The Morgan fingerprint density at radius 3 is 2.75 bits per heavy atom. The molecule has 0 N–H and O–H groups in total. The van der Waals surface area contributed by atoms with Gasteiger partial charge in [0.1, 0.15) is 0 Å². The molecule has 2 unspecified atom stereocenters. The molecule has 7 nitrogen and oxygen atoms in total. The van der Waals surface area contributed by atoms with E-state index in [1.165, 1.54) is 30.2 Å². The number of anilines is 2. The minimum absolute atomic E-state index is 0.132. The molecule has 3 aliphatic rings. The van der Waals surface area contributed by atoms with Crippen LogP contribution in [0.3, 0.4) is 0 Å². The molecule has 1 aromatic heterocycles. The predicted molar refractivity (Wildman–Crippen MR) is 127 cm³/mol. The highest BCUT2D eigenvalue weighted by Gasteiger charge is 2.31. The van der Waals surface area contributed by atoms with Crippen LogP contribution >= 0.6 is 11.8 Å². The van der Waals surface area contributed by atoms with E-state index in [2.05, 4.69) is 45.6 Å². The molecule has 2 fully saturated rings. The number of fused-ring (bicyclic) bond motifs is 1. The molecule has 8 heteroatoms. The number of hydrogen-bond acceptors (Lipinski definition) is 6. The van der Waals surface area contributed by atoms with Crippen LogP contribution in [0.4, 0.5) is 11.6 Å². The summed E-state index contributed by atoms with van der Waals surface area (Å²) in [5.41, 5.74) is 2.30. The summed E-state index contributed by atoms with van der Waals surface area (Å²) in [7, 11) is 0. The zero-order chi connectivity index (χ0) is 22.1. The number of carbonyl (C=O) groups is 1. The largest absolute Gasteiger partial charge is 0.376 e. The third kappa shape index (κ3) is 4.39. The zero-order valence-corrected chi connectivity index (χ0v) is 19.9. The molecule has 0 saturated carbocycles. The summed E-state index contributed by atoms with van der Waals surface area (Å²) in [5.74, 6) is 2.19. The first-order valence-corrected chi connectivity index (χ1v) is 12.9. The molecule has 32 heavy (non-hydrogen) atoms. The van der Waals surface area contributed by atoms with Gasteiger partial charge in [-0.25, -0.2) is 0 Å². The summed E-state index contributed by atoms with van der Waals surface area (Å²) in [6.07, 6.45) is 5.66. The van der Waals surface area contributed by atoms with Crippen LogP contribution in [-0.4, -0.2) is 58.3 Å². The highest BCUT2D eigenvalue weighted by atomic mass is 32.2. The molecule has 0 bridgehead atoms. The monoisotopic (exact) mass is 455 g/mol. The van der Waals surface area contributed by atoms with Crippen LogP contribution in [-0.2, 0) is 22.5 Å². The maximum Gasteiger partial charge on any atom is 0.237 e. The van der Waals surface area contributed by atoms with Gasteiger partial charge < -0.3 is 14.5 Å². The molecule has 0 spiro atoms. The van der Waals surface area contributed by atoms with Gasteiger partial charge in [0.25, 0.3) is 0 Å². The second kappa shape index (κ2) is 9.43. The van der Waals surface area contributed by atoms with E-state index in [9.17, 15) is 4.79 Å². The van der Waals surface area contributed by atoms with Gasteiger partial charge in [-0.3, -0.25) is 9.36 Å². The van der Waals surface area contributed by atoms with E-state index in [0.717, 1.165) is 68.2 Å². The molecule has 4 heterocycles. The lowest BCUT2D eigenvalue weighted by Crippen LogP contribution is -2.37. The second-order valence-corrected chi connectivity index (χ2v) is 10.4. The van der Waals surface area contributed by atoms with Gasteiger partial charge in [-0.15, -0.1) is 10.2 Å². The highest BCUT2D eigenvalue weighted by molar-refractivity contribution is 7.99. The van der Waals surface area contributed by atoms with Gasteiger partial charge in [0.15, 0.2) is 5.16 Å². The van der Waals surface area contributed by atoms with Crippen LogP contribution in [0.2, 0.25) is 0 Å². The van der Waals surface area contributed by atoms with Crippen LogP contribution in [0.15, 0.2) is 29.4 Å². The summed E-state index contributed by atoms with van der Waals surface area (Å²) in [6, 6.07) is 8.42. The minimum Gasteiger partial charge on any atom is -0.376 e. The smallest absolute Gasteiger partial charge is 0.237 e. The van der Waals surface area contributed by atoms with Crippen molar-refractivity contribution in [1.82, 2.24) is 14.8 Å². The van der Waals surface area contributed by atoms with Crippen LogP contribution in [0.5, 0.6) is 0 Å². The second-order valence-electron chi connectivity index (χ2n) is 9.43. The summed E-state index contributed by atoms with van der Waals surface area (Å²) in [4.78, 5) is 17.5. The molecular formula is C24H33N5O2S. The van der Waals surface area contributed by atoms with Gasteiger partial charge in [-0.2, -0.15) is 0 Å². The van der Waals surface area contributed by atoms with Gasteiger partial charge in [0.05, 0.1) is 18.4 Å². The first-order chi connectivity index (χ1) is 15.6. The van der Waals surface area contributed by atoms with Crippen LogP contribution < -0.4 is 9.80 Å². The molecular weight excluding hydrogens is 422 g/mol. The summed E-state index contributed by atoms with van der Waals surface area (Å²) >= 11 is 1.50. The fourth-order valence-electron chi connectivity index (χ4n) is 5.12. The van der Waals surface area contributed by atoms with E-state index in [0.29, 0.717) is 5.75 Å². The van der Waals surface area contributed by atoms with Crippen molar-refractivity contribution < 1.29 is 9.53 Å². The van der Waals surface area contributed by atoms with E-state index in [1.54, 1.807) is 0 Å². The van der Waals surface area contributed by atoms with Crippen molar-refractivity contribution in [1.29, 1.82) is 0 Å². The van der Waals surface area contributed by atoms with Crippen LogP contribution in [0.1, 0.15) is 45.1 Å². The fourth-order valence-corrected chi connectivity index (χ4v) is 5.93. The minimum atomic E-state index is 0.132. The Kier molecular flexibility index (Phi) is 6.42. The van der Waals surface area contributed by atoms with E-state index < -0.39 is 0 Å². The van der Waals surface area contributed by atoms with E-state index >= 15 is 0 Å². The predicted octanol–water partition coefficient (Wildman–Crippen LogP) is 3.76. The molecule has 0 radical (unpaired) electrons. The molecule has 172 valence electrons. The molecule has 0 aliphatic carbocycles. The van der Waals surface area contributed by atoms with Gasteiger partial charge in [-0.1, -0.05) is 36.9 Å². The zero-order valence-electron chi connectivity index (χ0n) is 19.1. The van der Waals surface area contributed by atoms with Crippen molar-refractivity contribution in [3.8, 4) is 0 Å². The Bertz CT molecular complexity index is 950. The average Bonchev–Trinajstić information content (AvgIpc) is 3.52. The maximum atomic E-state index is 13.2. The molecule has 1 aromatic carbocycles. The fraction of sp³-hybridized carbons (Fsp3) is 0.625. The van der Waals surface area contributed by atoms with Crippen molar-refractivity contribution in [2.24, 2.45) is 5.92 Å². The third-order valence-electron chi connectivity index (χ3n) is 6.97. The number of carbonyl (C=O) groups excluding carboxylic acids is 1. The van der Waals surface area contributed by atoms with Crippen molar-refractivity contribution >= 4 is 29.3 Å². The number of ether oxygens (including phenoxy) is 1. The number of hydrogen-bond donors (Lipinski definition) is 0. The number of piperidine rings is 1. The summed E-state index contributed by atoms with van der Waals surface area (Å²) in [6.45, 7) is 8.05. The first-order valence-electron chi connectivity index (χ1n) is 11.9. The Hall–Kier alpha value is -2.06. The number of rotatable bonds is 6. The Morgan fingerprint density at radius 1 is 1.16 bits per heavy atom. The van der Waals surface area contributed by atoms with Gasteiger partial charge in [0.2, 0.25) is 11.9 Å². The van der Waals surface area contributed by atoms with Crippen LogP contribution in [0, 0.1) is 5.92 Å². The topological polar surface area (TPSA) is 63.5 Å². The summed E-state index contributed by atoms with van der Waals surface area (Å²) in [5, 5.41) is 9.92. The molecule has 1 amide bonds. The first kappa shape index (κ1) is 21.8. The number of amides is 1. The lowest BCUT2D eigenvalue weighted by atomic mass is 10.00. The Morgan fingerprint density at radius 2 is 1.97 bits per heavy atom. The van der Waals surface area contributed by atoms with Gasteiger partial charge in [0, 0.05) is 31.4 Å². The van der Waals surface area contributed by atoms with Crippen molar-refractivity contribution in [3.63, 3.8) is 0 Å². The lowest BCUT2D eigenvalue weighted by molar-refractivity contribution is -0.116. The normalized spacial score (nSPS) is 23.7. The molecule has 2 aromatic rings.